The van der Waals surface area contributed by atoms with Crippen molar-refractivity contribution in [2.24, 2.45) is 7.05 Å². The molecule has 1 atom stereocenters. The van der Waals surface area contributed by atoms with Crippen molar-refractivity contribution in [2.45, 2.75) is 25.6 Å². The zero-order chi connectivity index (χ0) is 26.5. The van der Waals surface area contributed by atoms with Crippen LogP contribution in [0.3, 0.4) is 0 Å². The first-order valence-corrected chi connectivity index (χ1v) is 11.4. The Hall–Kier alpha value is -3.80. The Bertz CT molecular complexity index is 1490. The highest BCUT2D eigenvalue weighted by molar-refractivity contribution is 5.91. The lowest BCUT2D eigenvalue weighted by atomic mass is 10.0. The number of nitrogens with zero attached hydrogens (tertiary/aromatic N) is 5. The summed E-state index contributed by atoms with van der Waals surface area (Å²) in [6.07, 6.45) is -3.22. The van der Waals surface area contributed by atoms with E-state index in [1.54, 1.807) is 0 Å². The third kappa shape index (κ3) is 4.68. The second kappa shape index (κ2) is 9.25. The molecule has 1 aliphatic rings. The molecular weight excluding hydrogens is 497 g/mol. The van der Waals surface area contributed by atoms with Crippen LogP contribution in [0.4, 0.5) is 27.9 Å². The lowest BCUT2D eigenvalue weighted by molar-refractivity contribution is -0.140. The lowest BCUT2D eigenvalue weighted by Crippen LogP contribution is -2.44. The number of rotatable bonds is 4. The molecule has 194 valence electrons. The molecule has 0 spiro atoms. The van der Waals surface area contributed by atoms with Gasteiger partial charge in [-0.05, 0) is 18.6 Å². The van der Waals surface area contributed by atoms with E-state index in [-0.39, 0.29) is 28.9 Å². The molecule has 3 heterocycles. The molecular formula is C25H22F5N5O2. The van der Waals surface area contributed by atoms with E-state index < -0.39 is 34.7 Å². The fraction of sp³-hybridized carbons (Fsp3) is 0.320. The van der Waals surface area contributed by atoms with Gasteiger partial charge in [-0.3, -0.25) is 0 Å². The summed E-state index contributed by atoms with van der Waals surface area (Å²) in [5, 5.41) is 14.0. The Morgan fingerprint density at radius 2 is 1.95 bits per heavy atom. The summed E-state index contributed by atoms with van der Waals surface area (Å²) in [4.78, 5) is 10.8. The van der Waals surface area contributed by atoms with Crippen molar-refractivity contribution in [1.82, 2.24) is 19.7 Å². The molecule has 2 aromatic carbocycles. The minimum absolute atomic E-state index is 0.103. The molecule has 37 heavy (non-hydrogen) atoms. The number of aryl methyl sites for hydroxylation is 2. The molecule has 0 aliphatic carbocycles. The van der Waals surface area contributed by atoms with Crippen LogP contribution in [0.5, 0.6) is 5.75 Å². The van der Waals surface area contributed by atoms with Crippen molar-refractivity contribution < 1.29 is 31.8 Å². The number of fused-ring (bicyclic) bond motifs is 1. The van der Waals surface area contributed by atoms with E-state index in [1.165, 1.54) is 17.9 Å². The van der Waals surface area contributed by atoms with E-state index in [9.17, 15) is 27.1 Å². The third-order valence-electron chi connectivity index (χ3n) is 6.27. The van der Waals surface area contributed by atoms with Gasteiger partial charge in [-0.25, -0.2) is 18.4 Å². The van der Waals surface area contributed by atoms with Crippen LogP contribution in [-0.4, -0.2) is 50.7 Å². The second-order valence-corrected chi connectivity index (χ2v) is 8.96. The molecule has 1 N–H and O–H groups in total. The molecule has 5 rings (SSSR count). The van der Waals surface area contributed by atoms with E-state index in [4.69, 9.17) is 4.74 Å². The molecule has 1 fully saturated rings. The van der Waals surface area contributed by atoms with E-state index in [0.29, 0.717) is 32.1 Å². The highest BCUT2D eigenvalue weighted by Gasteiger charge is 2.38. The smallest absolute Gasteiger partial charge is 0.419 e. The predicted octanol–water partition coefficient (Wildman–Crippen LogP) is 4.79. The monoisotopic (exact) mass is 519 g/mol. The van der Waals surface area contributed by atoms with Gasteiger partial charge in [0, 0.05) is 38.3 Å². The van der Waals surface area contributed by atoms with Crippen molar-refractivity contribution >= 4 is 17.0 Å². The molecule has 1 saturated heterocycles. The Morgan fingerprint density at radius 3 is 2.68 bits per heavy atom. The van der Waals surface area contributed by atoms with Gasteiger partial charge in [0.25, 0.3) is 0 Å². The van der Waals surface area contributed by atoms with Gasteiger partial charge in [-0.15, -0.1) is 0 Å². The average Bonchev–Trinajstić information content (AvgIpc) is 3.17. The summed E-state index contributed by atoms with van der Waals surface area (Å²) in [6.45, 7) is 3.51. The van der Waals surface area contributed by atoms with Gasteiger partial charge in [0.05, 0.1) is 23.7 Å². The van der Waals surface area contributed by atoms with Gasteiger partial charge in [0.15, 0.2) is 23.0 Å². The number of aromatic nitrogens is 4. The fourth-order valence-electron chi connectivity index (χ4n) is 4.51. The number of hydrogen-bond acceptors (Lipinski definition) is 6. The highest BCUT2D eigenvalue weighted by atomic mass is 19.4. The Balaban J connectivity index is 1.48. The van der Waals surface area contributed by atoms with Gasteiger partial charge in [-0.1, -0.05) is 29.8 Å². The van der Waals surface area contributed by atoms with Gasteiger partial charge < -0.3 is 14.7 Å². The van der Waals surface area contributed by atoms with E-state index >= 15 is 0 Å². The minimum atomic E-state index is -5.15. The van der Waals surface area contributed by atoms with Crippen LogP contribution in [0.1, 0.15) is 16.7 Å². The van der Waals surface area contributed by atoms with Crippen LogP contribution >= 0.6 is 0 Å². The Kier molecular flexibility index (Phi) is 6.22. The van der Waals surface area contributed by atoms with E-state index in [1.807, 2.05) is 30.0 Å². The maximum atomic E-state index is 14.7. The molecule has 4 aromatic rings. The maximum Gasteiger partial charge on any atom is 0.419 e. The van der Waals surface area contributed by atoms with Crippen molar-refractivity contribution in [3.05, 3.63) is 64.9 Å². The van der Waals surface area contributed by atoms with Crippen molar-refractivity contribution in [3.8, 4) is 17.0 Å². The first kappa shape index (κ1) is 24.9. The number of morpholine rings is 1. The van der Waals surface area contributed by atoms with Gasteiger partial charge >= 0.3 is 6.18 Å². The molecule has 0 saturated carbocycles. The fourth-order valence-corrected chi connectivity index (χ4v) is 4.51. The van der Waals surface area contributed by atoms with Crippen molar-refractivity contribution in [3.63, 3.8) is 0 Å². The van der Waals surface area contributed by atoms with Crippen LogP contribution in [0.2, 0.25) is 0 Å². The normalized spacial score (nSPS) is 16.5. The number of phenols is 1. The van der Waals surface area contributed by atoms with Gasteiger partial charge in [-0.2, -0.15) is 23.3 Å². The molecule has 0 radical (unpaired) electrons. The second-order valence-electron chi connectivity index (χ2n) is 8.96. The zero-order valence-electron chi connectivity index (χ0n) is 19.9. The van der Waals surface area contributed by atoms with Gasteiger partial charge in [0.1, 0.15) is 5.69 Å². The molecule has 0 amide bonds. The number of ether oxygens (including phenoxy) is 1. The maximum absolute atomic E-state index is 14.7. The molecule has 0 bridgehead atoms. The largest absolute Gasteiger partial charge is 0.503 e. The number of aromatic hydroxyl groups is 1. The average molecular weight is 519 g/mol. The number of alkyl halides is 3. The third-order valence-corrected chi connectivity index (χ3v) is 6.27. The summed E-state index contributed by atoms with van der Waals surface area (Å²) >= 11 is 0. The summed E-state index contributed by atoms with van der Waals surface area (Å²) < 4.78 is 75.7. The minimum Gasteiger partial charge on any atom is -0.503 e. The zero-order valence-corrected chi connectivity index (χ0v) is 19.9. The number of benzene rings is 2. The first-order chi connectivity index (χ1) is 17.5. The molecule has 1 aliphatic heterocycles. The topological polar surface area (TPSA) is 76.3 Å². The number of hydrogen-bond donors (Lipinski definition) is 1. The molecule has 0 unspecified atom stereocenters. The predicted molar refractivity (Wildman–Crippen MR) is 125 cm³/mol. The van der Waals surface area contributed by atoms with E-state index in [0.717, 1.165) is 11.1 Å². The van der Waals surface area contributed by atoms with Crippen LogP contribution in [0.25, 0.3) is 22.3 Å². The molecule has 12 heteroatoms. The Morgan fingerprint density at radius 1 is 1.16 bits per heavy atom. The Labute approximate surface area is 208 Å². The van der Waals surface area contributed by atoms with Crippen molar-refractivity contribution in [1.29, 1.82) is 0 Å². The van der Waals surface area contributed by atoms with Crippen LogP contribution in [0.15, 0.2) is 36.5 Å². The molecule has 7 nitrogen and oxygen atoms in total. The standard InChI is InChI=1S/C25H22F5N5O2/c1-13-4-3-5-14(8-13)9-15-12-35(6-7-37-15)24-31-11-17-21(33-34(2)23(17)32-24)16-10-18(25(28,29)30)20(27)22(36)19(16)26/h3-5,8,10-11,15,36H,6-7,9,12H2,1-2H3/t15-/m0/s1. The highest BCUT2D eigenvalue weighted by Crippen LogP contribution is 2.41. The summed E-state index contributed by atoms with van der Waals surface area (Å²) in [7, 11) is 1.49. The van der Waals surface area contributed by atoms with Crippen LogP contribution in [0, 0.1) is 18.6 Å². The molecule has 2 aromatic heterocycles. The van der Waals surface area contributed by atoms with Crippen LogP contribution in [-0.2, 0) is 24.4 Å². The number of phenolic OH excluding ortho intramolecular Hbond substituents is 1. The van der Waals surface area contributed by atoms with Crippen molar-refractivity contribution in [2.75, 3.05) is 24.6 Å². The van der Waals surface area contributed by atoms with E-state index in [2.05, 4.69) is 21.1 Å². The number of halogens is 5. The summed E-state index contributed by atoms with van der Waals surface area (Å²) in [5.74, 6) is -5.01. The van der Waals surface area contributed by atoms with Crippen LogP contribution < -0.4 is 4.90 Å². The SMILES string of the molecule is Cc1cccc(C[C@H]2CN(c3ncc4c(-c5cc(C(F)(F)F)c(F)c(O)c5F)nn(C)c4n3)CCO2)c1. The first-order valence-electron chi connectivity index (χ1n) is 11.4. The number of anilines is 1. The van der Waals surface area contributed by atoms with Gasteiger partial charge in [0.2, 0.25) is 5.95 Å². The summed E-state index contributed by atoms with van der Waals surface area (Å²) in [5.41, 5.74) is -0.231. The quantitative estimate of drug-likeness (QED) is 0.391. The lowest BCUT2D eigenvalue weighted by Gasteiger charge is -2.33. The summed E-state index contributed by atoms with van der Waals surface area (Å²) in [6, 6.07) is 8.43.